The third-order valence-corrected chi connectivity index (χ3v) is 5.95. The molecule has 1 aliphatic carbocycles. The van der Waals surface area contributed by atoms with Crippen molar-refractivity contribution in [1.29, 1.82) is 0 Å². The quantitative estimate of drug-likeness (QED) is 0.770. The van der Waals surface area contributed by atoms with Gasteiger partial charge in [-0.25, -0.2) is 0 Å². The maximum absolute atomic E-state index is 12.3. The van der Waals surface area contributed by atoms with Crippen LogP contribution in [0.3, 0.4) is 0 Å². The molecule has 0 bridgehead atoms. The van der Waals surface area contributed by atoms with Gasteiger partial charge in [-0.2, -0.15) is 0 Å². The number of benzene rings is 1. The molecule has 1 atom stereocenters. The lowest BCUT2D eigenvalue weighted by Crippen LogP contribution is -2.38. The summed E-state index contributed by atoms with van der Waals surface area (Å²) < 4.78 is 0. The van der Waals surface area contributed by atoms with Gasteiger partial charge in [-0.15, -0.1) is 11.3 Å². The topological polar surface area (TPSA) is 41.1 Å². The Bertz CT molecular complexity index is 645. The van der Waals surface area contributed by atoms with Crippen molar-refractivity contribution < 1.29 is 4.79 Å². The molecule has 1 saturated carbocycles. The summed E-state index contributed by atoms with van der Waals surface area (Å²) in [6, 6.07) is 12.8. The lowest BCUT2D eigenvalue weighted by atomic mass is 9.89. The maximum atomic E-state index is 12.3. The highest BCUT2D eigenvalue weighted by Gasteiger charge is 2.17. The van der Waals surface area contributed by atoms with Gasteiger partial charge in [0.25, 0.3) is 0 Å². The molecular weight excluding hydrogens is 328 g/mol. The van der Waals surface area contributed by atoms with Gasteiger partial charge in [0.05, 0.1) is 12.6 Å². The summed E-state index contributed by atoms with van der Waals surface area (Å²) in [5, 5.41) is 8.64. The minimum atomic E-state index is 0.0704. The molecule has 1 aliphatic rings. The number of aryl methyl sites for hydroxylation is 1. The van der Waals surface area contributed by atoms with Gasteiger partial charge in [0.2, 0.25) is 5.91 Å². The Hall–Kier alpha value is -1.65. The highest BCUT2D eigenvalue weighted by molar-refractivity contribution is 7.10. The Morgan fingerprint density at radius 2 is 1.92 bits per heavy atom. The summed E-state index contributed by atoms with van der Waals surface area (Å²) in [7, 11) is 0. The van der Waals surface area contributed by atoms with Crippen molar-refractivity contribution in [3.63, 3.8) is 0 Å². The standard InChI is InChI=1S/C21H28N2OS/c1-16-9-11-18(12-10-16)21(19-8-5-13-25-19)23-15-20(24)22-14-17-6-3-2-4-7-17/h5,8-13,17,21,23H,2-4,6-7,14-15H2,1H3,(H,22,24)/t21-/m0/s1. The second kappa shape index (κ2) is 9.16. The molecule has 2 aromatic rings. The number of thiophene rings is 1. The first-order valence-electron chi connectivity index (χ1n) is 9.32. The molecule has 4 heteroatoms. The monoisotopic (exact) mass is 356 g/mol. The average molecular weight is 357 g/mol. The fourth-order valence-corrected chi connectivity index (χ4v) is 4.33. The summed E-state index contributed by atoms with van der Waals surface area (Å²) in [6.45, 7) is 3.27. The molecule has 1 aromatic heterocycles. The van der Waals surface area contributed by atoms with E-state index in [0.29, 0.717) is 12.5 Å². The fourth-order valence-electron chi connectivity index (χ4n) is 3.50. The number of amides is 1. The predicted molar refractivity (Wildman–Crippen MR) is 105 cm³/mol. The SMILES string of the molecule is Cc1ccc([C@H](NCC(=O)NCC2CCCCC2)c2cccs2)cc1. The second-order valence-electron chi connectivity index (χ2n) is 7.05. The van der Waals surface area contributed by atoms with Crippen LogP contribution in [0.5, 0.6) is 0 Å². The molecule has 0 spiro atoms. The van der Waals surface area contributed by atoms with Gasteiger partial charge in [0, 0.05) is 11.4 Å². The van der Waals surface area contributed by atoms with Crippen molar-refractivity contribution >= 4 is 17.2 Å². The van der Waals surface area contributed by atoms with E-state index in [9.17, 15) is 4.79 Å². The highest BCUT2D eigenvalue weighted by atomic mass is 32.1. The van der Waals surface area contributed by atoms with E-state index in [1.54, 1.807) is 11.3 Å². The summed E-state index contributed by atoms with van der Waals surface area (Å²) in [6.07, 6.45) is 6.49. The number of hydrogen-bond acceptors (Lipinski definition) is 3. The van der Waals surface area contributed by atoms with Gasteiger partial charge in [0.15, 0.2) is 0 Å². The first-order chi connectivity index (χ1) is 12.2. The van der Waals surface area contributed by atoms with Crippen LogP contribution in [0.2, 0.25) is 0 Å². The van der Waals surface area contributed by atoms with Crippen LogP contribution in [0.4, 0.5) is 0 Å². The first kappa shape index (κ1) is 18.2. The van der Waals surface area contributed by atoms with Crippen molar-refractivity contribution in [2.45, 2.75) is 45.1 Å². The molecule has 25 heavy (non-hydrogen) atoms. The van der Waals surface area contributed by atoms with Gasteiger partial charge in [-0.1, -0.05) is 55.2 Å². The highest BCUT2D eigenvalue weighted by Crippen LogP contribution is 2.26. The summed E-state index contributed by atoms with van der Waals surface area (Å²) >= 11 is 1.72. The molecule has 1 fully saturated rings. The number of hydrogen-bond donors (Lipinski definition) is 2. The van der Waals surface area contributed by atoms with Crippen molar-refractivity contribution in [3.05, 3.63) is 57.8 Å². The van der Waals surface area contributed by atoms with Crippen molar-refractivity contribution in [2.75, 3.05) is 13.1 Å². The molecule has 1 aromatic carbocycles. The zero-order valence-corrected chi connectivity index (χ0v) is 15.8. The largest absolute Gasteiger partial charge is 0.355 e. The Morgan fingerprint density at radius 3 is 2.60 bits per heavy atom. The normalized spacial score (nSPS) is 16.5. The van der Waals surface area contributed by atoms with Crippen LogP contribution in [0.1, 0.15) is 54.1 Å². The van der Waals surface area contributed by atoms with Crippen molar-refractivity contribution in [3.8, 4) is 0 Å². The molecule has 134 valence electrons. The summed E-state index contributed by atoms with van der Waals surface area (Å²) in [5.74, 6) is 0.766. The lowest BCUT2D eigenvalue weighted by molar-refractivity contribution is -0.120. The van der Waals surface area contributed by atoms with Crippen LogP contribution >= 0.6 is 11.3 Å². The molecule has 1 amide bonds. The minimum Gasteiger partial charge on any atom is -0.355 e. The van der Waals surface area contributed by atoms with E-state index in [4.69, 9.17) is 0 Å². The maximum Gasteiger partial charge on any atom is 0.233 e. The minimum absolute atomic E-state index is 0.0704. The molecular formula is C21H28N2OS. The van der Waals surface area contributed by atoms with E-state index in [1.165, 1.54) is 48.1 Å². The number of rotatable bonds is 7. The molecule has 1 heterocycles. The molecule has 0 saturated heterocycles. The lowest BCUT2D eigenvalue weighted by Gasteiger charge is -2.22. The first-order valence-corrected chi connectivity index (χ1v) is 10.2. The van der Waals surface area contributed by atoms with Crippen LogP contribution in [0.15, 0.2) is 41.8 Å². The van der Waals surface area contributed by atoms with E-state index >= 15 is 0 Å². The Labute approximate surface area is 154 Å². The molecule has 0 radical (unpaired) electrons. The molecule has 3 rings (SSSR count). The van der Waals surface area contributed by atoms with Crippen LogP contribution < -0.4 is 10.6 Å². The molecule has 3 nitrogen and oxygen atoms in total. The van der Waals surface area contributed by atoms with Crippen molar-refractivity contribution in [2.24, 2.45) is 5.92 Å². The van der Waals surface area contributed by atoms with Gasteiger partial charge in [0.1, 0.15) is 0 Å². The van der Waals surface area contributed by atoms with Crippen LogP contribution in [0.25, 0.3) is 0 Å². The van der Waals surface area contributed by atoms with E-state index in [-0.39, 0.29) is 11.9 Å². The zero-order valence-electron chi connectivity index (χ0n) is 15.0. The van der Waals surface area contributed by atoms with E-state index < -0.39 is 0 Å². The van der Waals surface area contributed by atoms with Gasteiger partial charge >= 0.3 is 0 Å². The molecule has 0 aliphatic heterocycles. The average Bonchev–Trinajstić information content (AvgIpc) is 3.17. The molecule has 0 unspecified atom stereocenters. The number of carbonyl (C=O) groups is 1. The van der Waals surface area contributed by atoms with Gasteiger partial charge in [-0.3, -0.25) is 10.1 Å². The Balaban J connectivity index is 1.55. The predicted octanol–water partition coefficient (Wildman–Crippen LogP) is 4.43. The summed E-state index contributed by atoms with van der Waals surface area (Å²) in [5.41, 5.74) is 2.45. The van der Waals surface area contributed by atoms with Crippen LogP contribution in [-0.2, 0) is 4.79 Å². The number of nitrogens with one attached hydrogen (secondary N) is 2. The Kier molecular flexibility index (Phi) is 6.65. The summed E-state index contributed by atoms with van der Waals surface area (Å²) in [4.78, 5) is 13.5. The van der Waals surface area contributed by atoms with Crippen LogP contribution in [-0.4, -0.2) is 19.0 Å². The van der Waals surface area contributed by atoms with Crippen LogP contribution in [0, 0.1) is 12.8 Å². The third kappa shape index (κ3) is 5.41. The van der Waals surface area contributed by atoms with Gasteiger partial charge < -0.3 is 5.32 Å². The Morgan fingerprint density at radius 1 is 1.16 bits per heavy atom. The number of carbonyl (C=O) groups excluding carboxylic acids is 1. The van der Waals surface area contributed by atoms with Gasteiger partial charge in [-0.05, 0) is 42.7 Å². The van der Waals surface area contributed by atoms with E-state index in [2.05, 4.69) is 59.3 Å². The third-order valence-electron chi connectivity index (χ3n) is 5.02. The van der Waals surface area contributed by atoms with E-state index in [1.807, 2.05) is 0 Å². The second-order valence-corrected chi connectivity index (χ2v) is 8.03. The fraction of sp³-hybridized carbons (Fsp3) is 0.476. The zero-order chi connectivity index (χ0) is 17.5. The smallest absolute Gasteiger partial charge is 0.233 e. The molecule has 2 N–H and O–H groups in total. The van der Waals surface area contributed by atoms with E-state index in [0.717, 1.165) is 6.54 Å². The van der Waals surface area contributed by atoms with Crippen molar-refractivity contribution in [1.82, 2.24) is 10.6 Å².